The first-order valence-electron chi connectivity index (χ1n) is 12.7. The minimum Gasteiger partial charge on any atom is -0.444 e. The molecule has 0 spiro atoms. The van der Waals surface area contributed by atoms with Gasteiger partial charge in [-0.25, -0.2) is 4.79 Å². The molecule has 7 heteroatoms. The van der Waals surface area contributed by atoms with Gasteiger partial charge in [-0.15, -0.1) is 0 Å². The Hall–Kier alpha value is -2.85. The molecule has 0 aromatic heterocycles. The monoisotopic (exact) mass is 551 g/mol. The van der Waals surface area contributed by atoms with E-state index < -0.39 is 11.0 Å². The zero-order valence-corrected chi connectivity index (χ0v) is 23.3. The van der Waals surface area contributed by atoms with Crippen LogP contribution >= 0.6 is 15.9 Å². The van der Waals surface area contributed by atoms with E-state index in [-0.39, 0.29) is 12.0 Å². The van der Waals surface area contributed by atoms with E-state index >= 15 is 0 Å². The summed E-state index contributed by atoms with van der Waals surface area (Å²) >= 11 is 3.47. The van der Waals surface area contributed by atoms with Crippen molar-refractivity contribution in [2.24, 2.45) is 0 Å². The van der Waals surface area contributed by atoms with Crippen molar-refractivity contribution in [3.05, 3.63) is 57.6 Å². The van der Waals surface area contributed by atoms with Crippen molar-refractivity contribution in [3.63, 3.8) is 0 Å². The number of rotatable bonds is 4. The lowest BCUT2D eigenvalue weighted by molar-refractivity contribution is -0.122. The van der Waals surface area contributed by atoms with Crippen LogP contribution < -0.4 is 4.90 Å². The number of carbonyl (C=O) groups excluding carboxylic acids is 2. The Bertz CT molecular complexity index is 1220. The molecule has 0 saturated carbocycles. The van der Waals surface area contributed by atoms with E-state index in [0.29, 0.717) is 47.6 Å². The van der Waals surface area contributed by atoms with Crippen molar-refractivity contribution < 1.29 is 14.3 Å². The Balaban J connectivity index is 1.67. The van der Waals surface area contributed by atoms with E-state index in [1.807, 2.05) is 45.0 Å². The number of hydrogen-bond donors (Lipinski definition) is 0. The van der Waals surface area contributed by atoms with Gasteiger partial charge in [0.15, 0.2) is 0 Å². The molecule has 2 aliphatic rings. The highest BCUT2D eigenvalue weighted by molar-refractivity contribution is 9.10. The maximum absolute atomic E-state index is 14.0. The topological polar surface area (TPSA) is 73.6 Å². The molecule has 2 heterocycles. The van der Waals surface area contributed by atoms with Crippen LogP contribution in [0, 0.1) is 11.3 Å². The highest BCUT2D eigenvalue weighted by atomic mass is 79.9. The average molecular weight is 553 g/mol. The summed E-state index contributed by atoms with van der Waals surface area (Å²) < 4.78 is 6.22. The number of anilines is 2. The van der Waals surface area contributed by atoms with Gasteiger partial charge in [-0.1, -0.05) is 32.0 Å². The third-order valence-corrected chi connectivity index (χ3v) is 8.22. The Labute approximate surface area is 222 Å². The third-order valence-electron chi connectivity index (χ3n) is 7.56. The third kappa shape index (κ3) is 4.52. The first-order chi connectivity index (χ1) is 17.1. The molecule has 0 unspecified atom stereocenters. The second-order valence-corrected chi connectivity index (χ2v) is 11.5. The fourth-order valence-electron chi connectivity index (χ4n) is 5.53. The number of likely N-dealkylation sites (tertiary alicyclic amines) is 1. The molecule has 0 bridgehead atoms. The number of nitrogens with zero attached hydrogens (tertiary/aromatic N) is 3. The molecule has 0 aliphatic carbocycles. The Morgan fingerprint density at radius 2 is 1.81 bits per heavy atom. The molecule has 0 N–H and O–H groups in total. The van der Waals surface area contributed by atoms with Gasteiger partial charge in [0.2, 0.25) is 5.91 Å². The number of hydrogen-bond acceptors (Lipinski definition) is 4. The molecule has 36 heavy (non-hydrogen) atoms. The summed E-state index contributed by atoms with van der Waals surface area (Å²) in [6.07, 6.45) is 2.82. The number of benzene rings is 2. The fourth-order valence-corrected chi connectivity index (χ4v) is 5.97. The Morgan fingerprint density at radius 3 is 2.39 bits per heavy atom. The number of ether oxygens (including phenoxy) is 1. The smallest absolute Gasteiger partial charge is 0.410 e. The molecule has 0 radical (unpaired) electrons. The number of halogens is 1. The lowest BCUT2D eigenvalue weighted by Crippen LogP contribution is -2.41. The fraction of sp³-hybridized carbons (Fsp3) is 0.483. The van der Waals surface area contributed by atoms with Crippen LogP contribution in [-0.4, -0.2) is 35.6 Å². The minimum absolute atomic E-state index is 0.0222. The summed E-state index contributed by atoms with van der Waals surface area (Å²) in [5, 5.41) is 9.82. The Morgan fingerprint density at radius 1 is 1.14 bits per heavy atom. The zero-order valence-electron chi connectivity index (χ0n) is 21.7. The number of piperidine rings is 1. The van der Waals surface area contributed by atoms with E-state index in [0.717, 1.165) is 24.1 Å². The lowest BCUT2D eigenvalue weighted by atomic mass is 9.75. The summed E-state index contributed by atoms with van der Waals surface area (Å²) in [5.41, 5.74) is 3.03. The predicted molar refractivity (Wildman–Crippen MR) is 144 cm³/mol. The molecule has 2 aromatic rings. The number of nitriles is 1. The van der Waals surface area contributed by atoms with Gasteiger partial charge < -0.3 is 9.64 Å². The first kappa shape index (κ1) is 26.2. The van der Waals surface area contributed by atoms with Gasteiger partial charge in [0, 0.05) is 17.6 Å². The van der Waals surface area contributed by atoms with Gasteiger partial charge in [0.25, 0.3) is 0 Å². The van der Waals surface area contributed by atoms with E-state index in [2.05, 4.69) is 48.0 Å². The second kappa shape index (κ2) is 9.89. The van der Waals surface area contributed by atoms with Crippen LogP contribution in [0.5, 0.6) is 0 Å². The molecule has 4 rings (SSSR count). The first-order valence-corrected chi connectivity index (χ1v) is 13.5. The molecule has 190 valence electrons. The molecule has 1 saturated heterocycles. The standard InChI is InChI=1S/C29H34BrN3O3/c1-6-29(7-2)22-17-20(19-13-15-32(16-14-19)27(35)36-28(3,4)5)11-12-25(22)33(26(29)34)24-10-8-9-23(30)21(24)18-31/h8-12,17,19H,6-7,13-16H2,1-5H3. The SMILES string of the molecule is CCC1(CC)C(=O)N(c2cccc(Br)c2C#N)c2ccc(C3CCN(C(=O)OC(C)(C)C)CC3)cc21. The van der Waals surface area contributed by atoms with Crippen molar-refractivity contribution >= 4 is 39.3 Å². The van der Waals surface area contributed by atoms with Crippen LogP contribution in [0.3, 0.4) is 0 Å². The molecule has 2 aromatic carbocycles. The van der Waals surface area contributed by atoms with Crippen LogP contribution in [0.1, 0.15) is 82.9 Å². The summed E-state index contributed by atoms with van der Waals surface area (Å²) in [5.74, 6) is 0.332. The molecular weight excluding hydrogens is 518 g/mol. The van der Waals surface area contributed by atoms with Crippen molar-refractivity contribution in [1.82, 2.24) is 4.90 Å². The normalized spacial score (nSPS) is 17.6. The predicted octanol–water partition coefficient (Wildman–Crippen LogP) is 7.17. The second-order valence-electron chi connectivity index (χ2n) is 10.7. The summed E-state index contributed by atoms with van der Waals surface area (Å²) in [4.78, 5) is 30.0. The van der Waals surface area contributed by atoms with Crippen molar-refractivity contribution in [2.75, 3.05) is 18.0 Å². The van der Waals surface area contributed by atoms with E-state index in [1.54, 1.807) is 9.80 Å². The van der Waals surface area contributed by atoms with Gasteiger partial charge in [0.05, 0.1) is 22.4 Å². The minimum atomic E-state index is -0.627. The van der Waals surface area contributed by atoms with Crippen LogP contribution in [0.4, 0.5) is 16.2 Å². The van der Waals surface area contributed by atoms with E-state index in [4.69, 9.17) is 4.74 Å². The maximum Gasteiger partial charge on any atom is 0.410 e. The average Bonchev–Trinajstić information content (AvgIpc) is 3.09. The van der Waals surface area contributed by atoms with E-state index in [1.165, 1.54) is 5.56 Å². The zero-order chi connectivity index (χ0) is 26.3. The van der Waals surface area contributed by atoms with Crippen LogP contribution in [0.2, 0.25) is 0 Å². The molecule has 6 nitrogen and oxygen atoms in total. The number of amides is 2. The van der Waals surface area contributed by atoms with Gasteiger partial charge in [-0.2, -0.15) is 5.26 Å². The summed E-state index contributed by atoms with van der Waals surface area (Å²) in [7, 11) is 0. The van der Waals surface area contributed by atoms with Gasteiger partial charge in [-0.3, -0.25) is 9.69 Å². The summed E-state index contributed by atoms with van der Waals surface area (Å²) in [6.45, 7) is 11.1. The molecule has 1 fully saturated rings. The van der Waals surface area contributed by atoms with Crippen molar-refractivity contribution in [3.8, 4) is 6.07 Å². The highest BCUT2D eigenvalue weighted by Crippen LogP contribution is 2.51. The van der Waals surface area contributed by atoms with Crippen LogP contribution in [0.25, 0.3) is 0 Å². The number of carbonyl (C=O) groups is 2. The van der Waals surface area contributed by atoms with Gasteiger partial charge in [0.1, 0.15) is 11.7 Å². The molecular formula is C29H34BrN3O3. The van der Waals surface area contributed by atoms with Gasteiger partial charge >= 0.3 is 6.09 Å². The van der Waals surface area contributed by atoms with Crippen molar-refractivity contribution in [1.29, 1.82) is 5.26 Å². The quantitative estimate of drug-likeness (QED) is 0.403. The molecule has 2 aliphatic heterocycles. The van der Waals surface area contributed by atoms with Crippen LogP contribution in [-0.2, 0) is 14.9 Å². The largest absolute Gasteiger partial charge is 0.444 e. The lowest BCUT2D eigenvalue weighted by Gasteiger charge is -2.34. The Kier molecular flexibility index (Phi) is 7.21. The van der Waals surface area contributed by atoms with Crippen LogP contribution in [0.15, 0.2) is 40.9 Å². The highest BCUT2D eigenvalue weighted by Gasteiger charge is 2.49. The maximum atomic E-state index is 14.0. The van der Waals surface area contributed by atoms with Crippen molar-refractivity contribution in [2.45, 2.75) is 77.2 Å². The molecule has 2 amide bonds. The van der Waals surface area contributed by atoms with Gasteiger partial charge in [-0.05, 0) is 97.6 Å². The van der Waals surface area contributed by atoms with E-state index in [9.17, 15) is 14.9 Å². The molecule has 0 atom stereocenters. The number of fused-ring (bicyclic) bond motifs is 1. The summed E-state index contributed by atoms with van der Waals surface area (Å²) in [6, 6.07) is 14.1.